The third-order valence-corrected chi connectivity index (χ3v) is 10.8. The summed E-state index contributed by atoms with van der Waals surface area (Å²) in [7, 11) is 0. The quantitative estimate of drug-likeness (QED) is 0.171. The summed E-state index contributed by atoms with van der Waals surface area (Å²) in [6, 6.07) is 65.2. The Morgan fingerprint density at radius 3 is 1.44 bits per heavy atom. The van der Waals surface area contributed by atoms with Crippen molar-refractivity contribution in [2.45, 2.75) is 0 Å². The lowest BCUT2D eigenvalue weighted by atomic mass is 9.99. The molecular weight excluding hydrogens is 702 g/mol. The molecule has 0 spiro atoms. The lowest BCUT2D eigenvalue weighted by Gasteiger charge is -2.16. The maximum absolute atomic E-state index is 15.2. The van der Waals surface area contributed by atoms with Crippen LogP contribution in [-0.2, 0) is 0 Å². The first-order chi connectivity index (χ1) is 28.2. The van der Waals surface area contributed by atoms with E-state index < -0.39 is 0 Å². The highest BCUT2D eigenvalue weighted by Gasteiger charge is 2.23. The lowest BCUT2D eigenvalue weighted by molar-refractivity contribution is 0.628. The summed E-state index contributed by atoms with van der Waals surface area (Å²) >= 11 is 0. The van der Waals surface area contributed by atoms with E-state index in [1.54, 1.807) is 12.1 Å². The molecule has 0 aliphatic rings. The number of fused-ring (bicyclic) bond motifs is 7. The van der Waals surface area contributed by atoms with Crippen LogP contribution < -0.4 is 0 Å². The number of rotatable bonds is 6. The molecule has 11 aromatic rings. The van der Waals surface area contributed by atoms with Gasteiger partial charge in [0.15, 0.2) is 17.5 Å². The van der Waals surface area contributed by atoms with Crippen molar-refractivity contribution >= 4 is 43.6 Å². The first-order valence-electron chi connectivity index (χ1n) is 19.0. The average Bonchev–Trinajstić information content (AvgIpc) is 3.80. The summed E-state index contributed by atoms with van der Waals surface area (Å²) in [5, 5.41) is 4.68. The lowest BCUT2D eigenvalue weighted by Crippen LogP contribution is -2.02. The van der Waals surface area contributed by atoms with Crippen LogP contribution in [0, 0.1) is 5.82 Å². The van der Waals surface area contributed by atoms with Gasteiger partial charge in [-0.25, -0.2) is 19.3 Å². The highest BCUT2D eigenvalue weighted by Crippen LogP contribution is 2.44. The van der Waals surface area contributed by atoms with Crippen LogP contribution in [0.5, 0.6) is 0 Å². The smallest absolute Gasteiger partial charge is 0.164 e. The van der Waals surface area contributed by atoms with Crippen LogP contribution >= 0.6 is 0 Å². The third kappa shape index (κ3) is 5.41. The van der Waals surface area contributed by atoms with Crippen molar-refractivity contribution in [1.29, 1.82) is 0 Å². The minimum atomic E-state index is -0.306. The first kappa shape index (κ1) is 32.7. The molecule has 268 valence electrons. The molecule has 0 saturated heterocycles. The Hall–Kier alpha value is -7.70. The summed E-state index contributed by atoms with van der Waals surface area (Å²) < 4.78 is 19.8. The molecule has 0 aliphatic heterocycles. The van der Waals surface area contributed by atoms with E-state index in [1.165, 1.54) is 22.2 Å². The third-order valence-electron chi connectivity index (χ3n) is 10.8. The van der Waals surface area contributed by atoms with E-state index in [9.17, 15) is 0 Å². The number of halogens is 1. The van der Waals surface area contributed by atoms with Crippen LogP contribution in [0.4, 0.5) is 4.39 Å². The normalized spacial score (nSPS) is 11.6. The van der Waals surface area contributed by atoms with Gasteiger partial charge in [0.1, 0.15) is 5.82 Å². The van der Waals surface area contributed by atoms with E-state index in [0.717, 1.165) is 66.6 Å². The molecule has 0 unspecified atom stereocenters. The van der Waals surface area contributed by atoms with E-state index in [4.69, 9.17) is 15.0 Å². The molecule has 0 N–H and O–H groups in total. The highest BCUT2D eigenvalue weighted by molar-refractivity contribution is 6.29. The van der Waals surface area contributed by atoms with Gasteiger partial charge in [0, 0.05) is 49.5 Å². The van der Waals surface area contributed by atoms with Gasteiger partial charge in [-0.15, -0.1) is 0 Å². The number of nitrogens with zero attached hydrogens (tertiary/aromatic N) is 5. The Morgan fingerprint density at radius 2 is 0.842 bits per heavy atom. The van der Waals surface area contributed by atoms with Crippen molar-refractivity contribution in [3.8, 4) is 56.7 Å². The van der Waals surface area contributed by atoms with Crippen molar-refractivity contribution in [2.75, 3.05) is 0 Å². The molecule has 0 radical (unpaired) electrons. The molecule has 0 saturated carbocycles. The van der Waals surface area contributed by atoms with Crippen molar-refractivity contribution in [2.24, 2.45) is 0 Å². The Bertz CT molecular complexity index is 3240. The zero-order valence-corrected chi connectivity index (χ0v) is 30.6. The highest BCUT2D eigenvalue weighted by atomic mass is 19.1. The van der Waals surface area contributed by atoms with E-state index in [2.05, 4.69) is 118 Å². The van der Waals surface area contributed by atoms with E-state index in [0.29, 0.717) is 17.5 Å². The van der Waals surface area contributed by atoms with Gasteiger partial charge >= 0.3 is 0 Å². The molecule has 0 bridgehead atoms. The Labute approximate surface area is 327 Å². The fourth-order valence-corrected chi connectivity index (χ4v) is 8.33. The topological polar surface area (TPSA) is 48.5 Å². The molecular formula is C51H32FN5. The largest absolute Gasteiger partial charge is 0.309 e. The molecule has 0 amide bonds. The Balaban J connectivity index is 1.19. The number of hydrogen-bond donors (Lipinski definition) is 0. The zero-order valence-electron chi connectivity index (χ0n) is 30.6. The van der Waals surface area contributed by atoms with Gasteiger partial charge < -0.3 is 9.13 Å². The Morgan fingerprint density at radius 1 is 0.351 bits per heavy atom. The molecule has 11 rings (SSSR count). The number of benzene rings is 8. The van der Waals surface area contributed by atoms with E-state index in [1.807, 2.05) is 66.7 Å². The average molecular weight is 734 g/mol. The fourth-order valence-electron chi connectivity index (χ4n) is 8.33. The van der Waals surface area contributed by atoms with Crippen LogP contribution in [0.3, 0.4) is 0 Å². The van der Waals surface area contributed by atoms with Crippen molar-refractivity contribution < 1.29 is 4.39 Å². The van der Waals surface area contributed by atoms with Crippen LogP contribution in [0.2, 0.25) is 0 Å². The SMILES string of the molecule is Fc1cccc(-c2cc(-c3nc(-c4ccccc4)nc(-c4ccccc4)n3)ccc2-n2c3ccccc3c3c4c5ccccc5n(-c5ccccc5)c4ccc32)c1. The van der Waals surface area contributed by atoms with Gasteiger partial charge in [-0.1, -0.05) is 127 Å². The predicted molar refractivity (Wildman–Crippen MR) is 230 cm³/mol. The number of aromatic nitrogens is 5. The monoisotopic (exact) mass is 733 g/mol. The van der Waals surface area contributed by atoms with Gasteiger partial charge in [0.25, 0.3) is 0 Å². The number of hydrogen-bond acceptors (Lipinski definition) is 3. The molecule has 0 aliphatic carbocycles. The van der Waals surface area contributed by atoms with E-state index in [-0.39, 0.29) is 5.82 Å². The van der Waals surface area contributed by atoms with Gasteiger partial charge in [-0.05, 0) is 72.3 Å². The molecule has 3 aromatic heterocycles. The second kappa shape index (κ2) is 13.3. The molecule has 57 heavy (non-hydrogen) atoms. The van der Waals surface area contributed by atoms with Crippen molar-refractivity contribution in [3.63, 3.8) is 0 Å². The predicted octanol–water partition coefficient (Wildman–Crippen LogP) is 12.9. The molecule has 0 fully saturated rings. The van der Waals surface area contributed by atoms with Crippen LogP contribution in [-0.4, -0.2) is 24.1 Å². The fraction of sp³-hybridized carbons (Fsp3) is 0. The van der Waals surface area contributed by atoms with Crippen molar-refractivity contribution in [1.82, 2.24) is 24.1 Å². The minimum absolute atomic E-state index is 0.306. The van der Waals surface area contributed by atoms with Gasteiger partial charge in [-0.2, -0.15) is 0 Å². The van der Waals surface area contributed by atoms with Crippen LogP contribution in [0.1, 0.15) is 0 Å². The van der Waals surface area contributed by atoms with Gasteiger partial charge in [-0.3, -0.25) is 0 Å². The standard InChI is InChI=1S/C51H32FN5/c52-37-20-14-19-35(31-37)41-32-36(51-54-49(33-15-4-1-5-16-33)53-50(55-51)34-17-6-2-7-18-34)27-28-44(41)57-43-26-13-11-24-40(43)48-46(57)30-29-45-47(48)39-23-10-12-25-42(39)56(45)38-21-8-3-9-22-38/h1-32H. The minimum Gasteiger partial charge on any atom is -0.309 e. The zero-order chi connectivity index (χ0) is 37.9. The summed E-state index contributed by atoms with van der Waals surface area (Å²) in [5.74, 6) is 1.39. The second-order valence-electron chi connectivity index (χ2n) is 14.2. The molecule has 0 atom stereocenters. The first-order valence-corrected chi connectivity index (χ1v) is 19.0. The van der Waals surface area contributed by atoms with Crippen LogP contribution in [0.15, 0.2) is 194 Å². The molecule has 3 heterocycles. The summed E-state index contributed by atoms with van der Waals surface area (Å²) in [6.07, 6.45) is 0. The Kier molecular flexibility index (Phi) is 7.60. The maximum Gasteiger partial charge on any atom is 0.164 e. The second-order valence-corrected chi connectivity index (χ2v) is 14.2. The maximum atomic E-state index is 15.2. The summed E-state index contributed by atoms with van der Waals surface area (Å²) in [6.45, 7) is 0. The molecule has 5 nitrogen and oxygen atoms in total. The van der Waals surface area contributed by atoms with E-state index >= 15 is 4.39 Å². The van der Waals surface area contributed by atoms with Crippen LogP contribution in [0.25, 0.3) is 100 Å². The molecule has 6 heteroatoms. The number of para-hydroxylation sites is 3. The summed E-state index contributed by atoms with van der Waals surface area (Å²) in [5.41, 5.74) is 10.6. The van der Waals surface area contributed by atoms with Gasteiger partial charge in [0.05, 0.1) is 27.8 Å². The van der Waals surface area contributed by atoms with Crippen molar-refractivity contribution in [3.05, 3.63) is 200 Å². The summed E-state index contributed by atoms with van der Waals surface area (Å²) in [4.78, 5) is 15.0. The van der Waals surface area contributed by atoms with Gasteiger partial charge in [0.2, 0.25) is 0 Å². The molecule has 8 aromatic carbocycles.